The Balaban J connectivity index is 2.15. The molecule has 1 unspecified atom stereocenters. The van der Waals surface area contributed by atoms with Gasteiger partial charge in [-0.2, -0.15) is 11.8 Å². The molecule has 0 aliphatic carbocycles. The van der Waals surface area contributed by atoms with Crippen LogP contribution in [-0.4, -0.2) is 26.5 Å². The van der Waals surface area contributed by atoms with E-state index in [1.807, 2.05) is 0 Å². The number of anilines is 1. The highest BCUT2D eigenvalue weighted by atomic mass is 32.2. The van der Waals surface area contributed by atoms with Crippen molar-refractivity contribution in [1.29, 1.82) is 0 Å². The maximum absolute atomic E-state index is 11.9. The van der Waals surface area contributed by atoms with E-state index in [0.29, 0.717) is 27.8 Å². The smallest absolute Gasteiger partial charge is 0.287 e. The molecule has 92 valence electrons. The summed E-state index contributed by atoms with van der Waals surface area (Å²) in [6.45, 7) is 2.08. The molecule has 0 aliphatic heterocycles. The van der Waals surface area contributed by atoms with Crippen LogP contribution in [0.4, 0.5) is 5.69 Å². The summed E-state index contributed by atoms with van der Waals surface area (Å²) in [6, 6.07) is 5.23. The van der Waals surface area contributed by atoms with Crippen LogP contribution in [-0.2, 0) is 10.8 Å². The van der Waals surface area contributed by atoms with Crippen molar-refractivity contribution in [1.82, 2.24) is 4.98 Å². The highest BCUT2D eigenvalue weighted by Gasteiger charge is 2.12. The third-order valence-corrected chi connectivity index (χ3v) is 4.50. The maximum atomic E-state index is 11.9. The topological polar surface area (TPSA) is 69.1 Å². The number of nitrogen functional groups attached to an aromatic ring is 1. The Bertz CT molecular complexity index is 539. The van der Waals surface area contributed by atoms with Crippen molar-refractivity contribution in [2.24, 2.45) is 0 Å². The zero-order chi connectivity index (χ0) is 12.3. The normalized spacial score (nSPS) is 13.0. The minimum absolute atomic E-state index is 0.294. The Labute approximate surface area is 106 Å². The molecule has 0 fully saturated rings. The standard InChI is InChI=1S/C11H14N2O2S2/c1-2-16-5-6-17(14)11-13-9-4-3-8(12)7-10(9)15-11/h3-4,7H,2,5-6,12H2,1H3. The highest BCUT2D eigenvalue weighted by molar-refractivity contribution is 8.00. The second-order valence-electron chi connectivity index (χ2n) is 3.45. The van der Waals surface area contributed by atoms with Crippen molar-refractivity contribution in [3.05, 3.63) is 18.2 Å². The van der Waals surface area contributed by atoms with Gasteiger partial charge in [0.15, 0.2) is 5.58 Å². The Morgan fingerprint density at radius 3 is 3.12 bits per heavy atom. The first-order valence-electron chi connectivity index (χ1n) is 5.33. The second-order valence-corrected chi connectivity index (χ2v) is 6.30. The van der Waals surface area contributed by atoms with Gasteiger partial charge in [0.05, 0.1) is 0 Å². The van der Waals surface area contributed by atoms with E-state index in [2.05, 4.69) is 11.9 Å². The molecule has 0 aliphatic rings. The molecule has 0 amide bonds. The molecule has 4 nitrogen and oxygen atoms in total. The number of aromatic nitrogens is 1. The fourth-order valence-corrected chi connectivity index (χ4v) is 3.31. The van der Waals surface area contributed by atoms with Crippen molar-refractivity contribution in [2.45, 2.75) is 12.1 Å². The molecule has 0 saturated heterocycles. The van der Waals surface area contributed by atoms with Gasteiger partial charge >= 0.3 is 0 Å². The molecule has 1 heterocycles. The van der Waals surface area contributed by atoms with Crippen LogP contribution >= 0.6 is 11.8 Å². The number of rotatable bonds is 5. The van der Waals surface area contributed by atoms with Gasteiger partial charge in [-0.1, -0.05) is 6.92 Å². The predicted octanol–water partition coefficient (Wildman–Crippen LogP) is 2.27. The van der Waals surface area contributed by atoms with Crippen LogP contribution in [0, 0.1) is 0 Å². The number of hydrogen-bond donors (Lipinski definition) is 1. The number of fused-ring (bicyclic) bond motifs is 1. The van der Waals surface area contributed by atoms with Gasteiger partial charge in [0, 0.05) is 23.3 Å². The number of thioether (sulfide) groups is 1. The zero-order valence-corrected chi connectivity index (χ0v) is 11.1. The van der Waals surface area contributed by atoms with Crippen LogP contribution in [0.3, 0.4) is 0 Å². The Morgan fingerprint density at radius 2 is 2.35 bits per heavy atom. The number of oxazole rings is 1. The number of hydrogen-bond acceptors (Lipinski definition) is 5. The summed E-state index contributed by atoms with van der Waals surface area (Å²) in [5, 5.41) is 0.294. The van der Waals surface area contributed by atoms with E-state index < -0.39 is 10.8 Å². The lowest BCUT2D eigenvalue weighted by Crippen LogP contribution is -2.00. The molecule has 0 radical (unpaired) electrons. The molecule has 6 heteroatoms. The summed E-state index contributed by atoms with van der Waals surface area (Å²) < 4.78 is 17.3. The van der Waals surface area contributed by atoms with Crippen LogP contribution in [0.25, 0.3) is 11.1 Å². The van der Waals surface area contributed by atoms with E-state index >= 15 is 0 Å². The summed E-state index contributed by atoms with van der Waals surface area (Å²) in [5.41, 5.74) is 7.55. The van der Waals surface area contributed by atoms with E-state index in [4.69, 9.17) is 10.2 Å². The van der Waals surface area contributed by atoms with E-state index in [-0.39, 0.29) is 0 Å². The lowest BCUT2D eigenvalue weighted by Gasteiger charge is -1.95. The highest BCUT2D eigenvalue weighted by Crippen LogP contribution is 2.20. The van der Waals surface area contributed by atoms with Crippen LogP contribution < -0.4 is 5.73 Å². The largest absolute Gasteiger partial charge is 0.430 e. The fraction of sp³-hybridized carbons (Fsp3) is 0.364. The third-order valence-electron chi connectivity index (χ3n) is 2.20. The Hall–Kier alpha value is -1.01. The lowest BCUT2D eigenvalue weighted by molar-refractivity contribution is 0.478. The molecule has 0 spiro atoms. The Kier molecular flexibility index (Phi) is 4.06. The molecular weight excluding hydrogens is 256 g/mol. The molecular formula is C11H14N2O2S2. The quantitative estimate of drug-likeness (QED) is 0.666. The van der Waals surface area contributed by atoms with Gasteiger partial charge in [0.2, 0.25) is 0 Å². The summed E-state index contributed by atoms with van der Waals surface area (Å²) in [4.78, 5) is 4.20. The van der Waals surface area contributed by atoms with Gasteiger partial charge in [-0.15, -0.1) is 0 Å². The predicted molar refractivity (Wildman–Crippen MR) is 72.7 cm³/mol. The van der Waals surface area contributed by atoms with Gasteiger partial charge in [-0.05, 0) is 17.9 Å². The molecule has 1 aromatic carbocycles. The van der Waals surface area contributed by atoms with E-state index in [9.17, 15) is 4.21 Å². The average molecular weight is 270 g/mol. The lowest BCUT2D eigenvalue weighted by atomic mass is 10.3. The van der Waals surface area contributed by atoms with Gasteiger partial charge in [-0.25, -0.2) is 9.19 Å². The molecule has 2 aromatic rings. The van der Waals surface area contributed by atoms with Crippen molar-refractivity contribution < 1.29 is 8.63 Å². The monoisotopic (exact) mass is 270 g/mol. The van der Waals surface area contributed by atoms with E-state index in [0.717, 1.165) is 11.5 Å². The number of benzene rings is 1. The first kappa shape index (κ1) is 12.4. The van der Waals surface area contributed by atoms with Crippen LogP contribution in [0.15, 0.2) is 27.8 Å². The summed E-state index contributed by atoms with van der Waals surface area (Å²) >= 11 is 1.76. The van der Waals surface area contributed by atoms with Crippen LogP contribution in [0.2, 0.25) is 0 Å². The van der Waals surface area contributed by atoms with E-state index in [1.54, 1.807) is 30.0 Å². The first-order valence-corrected chi connectivity index (χ1v) is 7.80. The number of nitrogens with two attached hydrogens (primary N) is 1. The van der Waals surface area contributed by atoms with E-state index in [1.165, 1.54) is 0 Å². The second kappa shape index (κ2) is 5.55. The summed E-state index contributed by atoms with van der Waals surface area (Å²) in [6.07, 6.45) is 0. The van der Waals surface area contributed by atoms with Gasteiger partial charge < -0.3 is 10.2 Å². The summed E-state index contributed by atoms with van der Waals surface area (Å²) in [5.74, 6) is 2.45. The maximum Gasteiger partial charge on any atom is 0.287 e. The first-order chi connectivity index (χ1) is 8.20. The van der Waals surface area contributed by atoms with Crippen LogP contribution in [0.1, 0.15) is 6.92 Å². The summed E-state index contributed by atoms with van der Waals surface area (Å²) in [7, 11) is -1.16. The van der Waals surface area contributed by atoms with Crippen molar-refractivity contribution in [3.8, 4) is 0 Å². The van der Waals surface area contributed by atoms with Gasteiger partial charge in [0.25, 0.3) is 5.22 Å². The molecule has 1 atom stereocenters. The Morgan fingerprint density at radius 1 is 1.53 bits per heavy atom. The number of nitrogens with zero attached hydrogens (tertiary/aromatic N) is 1. The minimum Gasteiger partial charge on any atom is -0.430 e. The van der Waals surface area contributed by atoms with Crippen molar-refractivity contribution in [3.63, 3.8) is 0 Å². The van der Waals surface area contributed by atoms with Gasteiger partial charge in [0.1, 0.15) is 16.3 Å². The molecule has 2 N–H and O–H groups in total. The van der Waals surface area contributed by atoms with Crippen molar-refractivity contribution >= 4 is 39.3 Å². The van der Waals surface area contributed by atoms with Crippen molar-refractivity contribution in [2.75, 3.05) is 23.0 Å². The molecule has 0 bridgehead atoms. The average Bonchev–Trinajstić information content (AvgIpc) is 2.72. The van der Waals surface area contributed by atoms with Gasteiger partial charge in [-0.3, -0.25) is 0 Å². The SMILES string of the molecule is CCSCCS(=O)c1nc2ccc(N)cc2o1. The fourth-order valence-electron chi connectivity index (χ4n) is 1.38. The molecule has 1 aromatic heterocycles. The zero-order valence-electron chi connectivity index (χ0n) is 9.51. The molecule has 17 heavy (non-hydrogen) atoms. The third kappa shape index (κ3) is 3.01. The van der Waals surface area contributed by atoms with Crippen LogP contribution in [0.5, 0.6) is 0 Å². The molecule has 2 rings (SSSR count). The molecule has 0 saturated carbocycles. The minimum atomic E-state index is -1.16.